The van der Waals surface area contributed by atoms with E-state index in [-0.39, 0.29) is 0 Å². The number of fused-ring (bicyclic) bond motifs is 1. The van der Waals surface area contributed by atoms with Crippen LogP contribution in [0.3, 0.4) is 0 Å². The molecule has 0 saturated carbocycles. The van der Waals surface area contributed by atoms with Crippen LogP contribution in [-0.4, -0.2) is 24.8 Å². The second-order valence-corrected chi connectivity index (χ2v) is 5.66. The average molecular weight is 251 g/mol. The van der Waals surface area contributed by atoms with Crippen LogP contribution < -0.4 is 14.8 Å². The fourth-order valence-corrected chi connectivity index (χ4v) is 3.57. The topological polar surface area (TPSA) is 30.5 Å². The van der Waals surface area contributed by atoms with Gasteiger partial charge in [0.05, 0.1) is 0 Å². The predicted molar refractivity (Wildman–Crippen MR) is 69.7 cm³/mol. The van der Waals surface area contributed by atoms with Gasteiger partial charge >= 0.3 is 0 Å². The van der Waals surface area contributed by atoms with Crippen LogP contribution in [-0.2, 0) is 6.54 Å². The smallest absolute Gasteiger partial charge is 0.231 e. The lowest BCUT2D eigenvalue weighted by atomic mass is 10.1. The molecule has 92 valence electrons. The van der Waals surface area contributed by atoms with Crippen molar-refractivity contribution < 1.29 is 9.47 Å². The summed E-state index contributed by atoms with van der Waals surface area (Å²) in [5.41, 5.74) is 1.20. The number of benzene rings is 1. The number of rotatable bonds is 4. The lowest BCUT2D eigenvalue weighted by molar-refractivity contribution is 0.173. The molecule has 1 unspecified atom stereocenters. The Labute approximate surface area is 106 Å². The highest BCUT2D eigenvalue weighted by molar-refractivity contribution is 7.99. The van der Waals surface area contributed by atoms with Gasteiger partial charge in [-0.15, -0.1) is 0 Å². The van der Waals surface area contributed by atoms with Crippen molar-refractivity contribution in [2.24, 2.45) is 5.92 Å². The summed E-state index contributed by atoms with van der Waals surface area (Å²) >= 11 is 2.06. The van der Waals surface area contributed by atoms with E-state index in [1.165, 1.54) is 23.5 Å². The highest BCUT2D eigenvalue weighted by Crippen LogP contribution is 2.35. The lowest BCUT2D eigenvalue weighted by Crippen LogP contribution is -2.22. The number of ether oxygens (including phenoxy) is 2. The van der Waals surface area contributed by atoms with Crippen LogP contribution >= 0.6 is 11.8 Å². The number of hydrogen-bond acceptors (Lipinski definition) is 4. The maximum absolute atomic E-state index is 5.49. The average Bonchev–Trinajstić information content (AvgIpc) is 2.99. The number of hydrogen-bond donors (Lipinski definition) is 1. The summed E-state index contributed by atoms with van der Waals surface area (Å²) in [4.78, 5) is 0. The molecule has 1 aromatic rings. The highest BCUT2D eigenvalue weighted by atomic mass is 32.2. The van der Waals surface area contributed by atoms with Crippen molar-refractivity contribution in [3.8, 4) is 11.5 Å². The van der Waals surface area contributed by atoms with E-state index in [9.17, 15) is 0 Å². The molecule has 0 bridgehead atoms. The van der Waals surface area contributed by atoms with Gasteiger partial charge in [0.1, 0.15) is 0 Å². The molecule has 1 fully saturated rings. The summed E-state index contributed by atoms with van der Waals surface area (Å²) in [5.74, 6) is 5.26. The highest BCUT2D eigenvalue weighted by Gasteiger charge is 2.18. The maximum atomic E-state index is 5.49. The van der Waals surface area contributed by atoms with Gasteiger partial charge in [0.2, 0.25) is 6.79 Å². The zero-order valence-electron chi connectivity index (χ0n) is 9.78. The first kappa shape index (κ1) is 11.2. The molecule has 17 heavy (non-hydrogen) atoms. The zero-order valence-corrected chi connectivity index (χ0v) is 10.6. The molecule has 3 nitrogen and oxygen atoms in total. The van der Waals surface area contributed by atoms with Gasteiger partial charge in [-0.3, -0.25) is 0 Å². The zero-order chi connectivity index (χ0) is 11.5. The van der Waals surface area contributed by atoms with Crippen molar-refractivity contribution in [1.29, 1.82) is 0 Å². The molecule has 2 aliphatic rings. The summed E-state index contributed by atoms with van der Waals surface area (Å²) in [6.07, 6.45) is 1.35. The SMILES string of the molecule is c1cc(CNCC2CCSC2)c2c(c1)OCO2. The Morgan fingerprint density at radius 2 is 2.35 bits per heavy atom. The molecule has 0 aliphatic carbocycles. The Morgan fingerprint density at radius 1 is 1.35 bits per heavy atom. The monoisotopic (exact) mass is 251 g/mol. The molecule has 3 rings (SSSR count). The van der Waals surface area contributed by atoms with E-state index < -0.39 is 0 Å². The van der Waals surface area contributed by atoms with Crippen LogP contribution in [0.15, 0.2) is 18.2 Å². The molecule has 0 spiro atoms. The quantitative estimate of drug-likeness (QED) is 0.889. The van der Waals surface area contributed by atoms with Crippen LogP contribution in [0.1, 0.15) is 12.0 Å². The third kappa shape index (κ3) is 2.53. The standard InChI is InChI=1S/C13H17NO2S/c1-2-11(13-12(3-1)15-9-16-13)7-14-6-10-4-5-17-8-10/h1-3,10,14H,4-9H2. The minimum atomic E-state index is 0.353. The second kappa shape index (κ2) is 5.19. The summed E-state index contributed by atoms with van der Waals surface area (Å²) in [6, 6.07) is 6.08. The summed E-state index contributed by atoms with van der Waals surface area (Å²) < 4.78 is 10.9. The maximum Gasteiger partial charge on any atom is 0.231 e. The minimum Gasteiger partial charge on any atom is -0.454 e. The first-order valence-electron chi connectivity index (χ1n) is 6.09. The van der Waals surface area contributed by atoms with Gasteiger partial charge in [-0.05, 0) is 36.5 Å². The van der Waals surface area contributed by atoms with Crippen molar-refractivity contribution in [1.82, 2.24) is 5.32 Å². The van der Waals surface area contributed by atoms with Gasteiger partial charge in [-0.2, -0.15) is 11.8 Å². The van der Waals surface area contributed by atoms with Gasteiger partial charge in [0.25, 0.3) is 0 Å². The van der Waals surface area contributed by atoms with Crippen LogP contribution in [0.25, 0.3) is 0 Å². The Hall–Kier alpha value is -0.870. The molecule has 0 amide bonds. The molecule has 0 aromatic heterocycles. The van der Waals surface area contributed by atoms with Gasteiger partial charge in [-0.25, -0.2) is 0 Å². The van der Waals surface area contributed by atoms with E-state index in [0.717, 1.165) is 30.5 Å². The Morgan fingerprint density at radius 3 is 3.24 bits per heavy atom. The molecule has 1 aromatic carbocycles. The second-order valence-electron chi connectivity index (χ2n) is 4.51. The fourth-order valence-electron chi connectivity index (χ4n) is 2.29. The minimum absolute atomic E-state index is 0.353. The number of thioether (sulfide) groups is 1. The largest absolute Gasteiger partial charge is 0.454 e. The van der Waals surface area contributed by atoms with Crippen molar-refractivity contribution in [3.05, 3.63) is 23.8 Å². The summed E-state index contributed by atoms with van der Waals surface area (Å²) in [6.45, 7) is 2.33. The molecule has 4 heteroatoms. The molecule has 2 aliphatic heterocycles. The third-order valence-electron chi connectivity index (χ3n) is 3.25. The lowest BCUT2D eigenvalue weighted by Gasteiger charge is -2.11. The van der Waals surface area contributed by atoms with E-state index in [1.54, 1.807) is 0 Å². The van der Waals surface area contributed by atoms with Gasteiger partial charge in [-0.1, -0.05) is 12.1 Å². The molecular weight excluding hydrogens is 234 g/mol. The van der Waals surface area contributed by atoms with E-state index >= 15 is 0 Å². The number of nitrogens with one attached hydrogen (secondary N) is 1. The normalized spacial score (nSPS) is 22.0. The van der Waals surface area contributed by atoms with Crippen molar-refractivity contribution >= 4 is 11.8 Å². The molecule has 1 saturated heterocycles. The van der Waals surface area contributed by atoms with E-state index in [2.05, 4.69) is 23.1 Å². The summed E-state index contributed by atoms with van der Waals surface area (Å²) in [7, 11) is 0. The Kier molecular flexibility index (Phi) is 3.43. The third-order valence-corrected chi connectivity index (χ3v) is 4.48. The van der Waals surface area contributed by atoms with Crippen LogP contribution in [0.5, 0.6) is 11.5 Å². The van der Waals surface area contributed by atoms with Crippen molar-refractivity contribution in [2.45, 2.75) is 13.0 Å². The molecule has 1 N–H and O–H groups in total. The fraction of sp³-hybridized carbons (Fsp3) is 0.538. The molecule has 0 radical (unpaired) electrons. The van der Waals surface area contributed by atoms with Crippen LogP contribution in [0, 0.1) is 5.92 Å². The van der Waals surface area contributed by atoms with Crippen LogP contribution in [0.2, 0.25) is 0 Å². The first-order valence-corrected chi connectivity index (χ1v) is 7.25. The van der Waals surface area contributed by atoms with Gasteiger partial charge in [0, 0.05) is 12.1 Å². The van der Waals surface area contributed by atoms with Crippen LogP contribution in [0.4, 0.5) is 0 Å². The molecular formula is C13H17NO2S. The first-order chi connectivity index (χ1) is 8.43. The van der Waals surface area contributed by atoms with Crippen molar-refractivity contribution in [3.63, 3.8) is 0 Å². The molecule has 2 heterocycles. The molecule has 1 atom stereocenters. The van der Waals surface area contributed by atoms with E-state index in [0.29, 0.717) is 6.79 Å². The van der Waals surface area contributed by atoms with E-state index in [4.69, 9.17) is 9.47 Å². The predicted octanol–water partition coefficient (Wildman–Crippen LogP) is 2.26. The summed E-state index contributed by atoms with van der Waals surface area (Å²) in [5, 5.41) is 3.52. The Balaban J connectivity index is 1.56. The van der Waals surface area contributed by atoms with Gasteiger partial charge < -0.3 is 14.8 Å². The number of para-hydroxylation sites is 1. The van der Waals surface area contributed by atoms with E-state index in [1.807, 2.05) is 12.1 Å². The van der Waals surface area contributed by atoms with Crippen molar-refractivity contribution in [2.75, 3.05) is 24.8 Å². The Bertz CT molecular complexity index is 391. The van der Waals surface area contributed by atoms with Gasteiger partial charge in [0.15, 0.2) is 11.5 Å².